The molecule has 2 heterocycles. The lowest BCUT2D eigenvalue weighted by atomic mass is 9.99. The maximum Gasteiger partial charge on any atom is 0.325 e. The molecule has 1 N–H and O–H groups in total. The predicted molar refractivity (Wildman–Crippen MR) is 86.8 cm³/mol. The molecule has 1 aromatic heterocycles. The predicted octanol–water partition coefficient (Wildman–Crippen LogP) is 2.89. The standard InChI is InChI=1S/C17H15ClN2O4/c1-10-3-8-14(24-10)17(2)15(22)20(16(23)19-17)9-13(21)11-4-6-12(18)7-5-11/h3-8H,9H2,1-2H3,(H,19,23). The van der Waals surface area contributed by atoms with Crippen molar-refractivity contribution in [1.82, 2.24) is 10.2 Å². The number of hydrogen-bond donors (Lipinski definition) is 1. The molecule has 7 heteroatoms. The molecular formula is C17H15ClN2O4. The molecule has 1 fully saturated rings. The highest BCUT2D eigenvalue weighted by Crippen LogP contribution is 2.30. The van der Waals surface area contributed by atoms with E-state index in [0.717, 1.165) is 4.90 Å². The maximum atomic E-state index is 12.7. The number of imide groups is 1. The molecule has 124 valence electrons. The van der Waals surface area contributed by atoms with Crippen molar-refractivity contribution in [3.05, 3.63) is 58.5 Å². The molecule has 6 nitrogen and oxygen atoms in total. The van der Waals surface area contributed by atoms with Crippen LogP contribution in [0.2, 0.25) is 5.02 Å². The molecule has 0 radical (unpaired) electrons. The Balaban J connectivity index is 1.82. The Morgan fingerprint density at radius 1 is 1.21 bits per heavy atom. The molecule has 3 rings (SSSR count). The van der Waals surface area contributed by atoms with Gasteiger partial charge in [0.1, 0.15) is 11.5 Å². The fraction of sp³-hybridized carbons (Fsp3) is 0.235. The summed E-state index contributed by atoms with van der Waals surface area (Å²) in [4.78, 5) is 38.1. The van der Waals surface area contributed by atoms with E-state index in [0.29, 0.717) is 22.1 Å². The van der Waals surface area contributed by atoms with Gasteiger partial charge in [-0.15, -0.1) is 0 Å². The number of ketones is 1. The summed E-state index contributed by atoms with van der Waals surface area (Å²) in [6, 6.07) is 8.99. The number of furan rings is 1. The first-order valence-corrected chi connectivity index (χ1v) is 7.69. The summed E-state index contributed by atoms with van der Waals surface area (Å²) in [6.07, 6.45) is 0. The Kier molecular flexibility index (Phi) is 3.93. The molecule has 1 aliphatic heterocycles. The van der Waals surface area contributed by atoms with Gasteiger partial charge in [-0.25, -0.2) is 4.79 Å². The molecule has 24 heavy (non-hydrogen) atoms. The summed E-state index contributed by atoms with van der Waals surface area (Å²) in [5.41, 5.74) is -0.937. The van der Waals surface area contributed by atoms with E-state index < -0.39 is 17.5 Å². The molecule has 1 aromatic carbocycles. The summed E-state index contributed by atoms with van der Waals surface area (Å²) >= 11 is 5.79. The fourth-order valence-electron chi connectivity index (χ4n) is 2.58. The molecule has 1 atom stereocenters. The second-order valence-corrected chi connectivity index (χ2v) is 6.22. The number of nitrogens with zero attached hydrogens (tertiary/aromatic N) is 1. The van der Waals surface area contributed by atoms with Crippen molar-refractivity contribution >= 4 is 29.3 Å². The topological polar surface area (TPSA) is 79.6 Å². The monoisotopic (exact) mass is 346 g/mol. The number of rotatable bonds is 4. The number of carbonyl (C=O) groups is 3. The van der Waals surface area contributed by atoms with E-state index in [9.17, 15) is 14.4 Å². The van der Waals surface area contributed by atoms with Crippen molar-refractivity contribution < 1.29 is 18.8 Å². The van der Waals surface area contributed by atoms with Crippen molar-refractivity contribution in [2.45, 2.75) is 19.4 Å². The van der Waals surface area contributed by atoms with E-state index in [2.05, 4.69) is 5.32 Å². The molecule has 0 saturated carbocycles. The summed E-state index contributed by atoms with van der Waals surface area (Å²) in [6.45, 7) is 2.95. The Morgan fingerprint density at radius 3 is 2.46 bits per heavy atom. The van der Waals surface area contributed by atoms with Crippen LogP contribution in [0.4, 0.5) is 4.79 Å². The minimum absolute atomic E-state index is 0.333. The number of Topliss-reactive ketones (excluding diaryl/α,β-unsaturated/α-hetero) is 1. The number of hydrogen-bond acceptors (Lipinski definition) is 4. The maximum absolute atomic E-state index is 12.7. The number of nitrogens with one attached hydrogen (secondary N) is 1. The third-order valence-corrected chi connectivity index (χ3v) is 4.23. The average Bonchev–Trinajstić information content (AvgIpc) is 3.06. The molecule has 1 unspecified atom stereocenters. The largest absolute Gasteiger partial charge is 0.463 e. The number of urea groups is 1. The molecule has 3 amide bonds. The lowest BCUT2D eigenvalue weighted by molar-refractivity contribution is -0.131. The Morgan fingerprint density at radius 2 is 1.88 bits per heavy atom. The summed E-state index contributed by atoms with van der Waals surface area (Å²) in [7, 11) is 0. The van der Waals surface area contributed by atoms with Gasteiger partial charge < -0.3 is 9.73 Å². The lowest BCUT2D eigenvalue weighted by Gasteiger charge is -2.18. The second kappa shape index (κ2) is 5.79. The number of carbonyl (C=O) groups excluding carboxylic acids is 3. The van der Waals surface area contributed by atoms with Crippen LogP contribution in [0.5, 0.6) is 0 Å². The molecule has 2 aromatic rings. The Bertz CT molecular complexity index is 827. The van der Waals surface area contributed by atoms with E-state index in [1.165, 1.54) is 0 Å². The molecule has 0 aliphatic carbocycles. The summed E-state index contributed by atoms with van der Waals surface area (Å²) in [5.74, 6) is 0.0861. The highest BCUT2D eigenvalue weighted by molar-refractivity contribution is 6.30. The van der Waals surface area contributed by atoms with Crippen molar-refractivity contribution in [2.75, 3.05) is 6.54 Å². The van der Waals surface area contributed by atoms with Gasteiger partial charge in [-0.05, 0) is 50.2 Å². The van der Waals surface area contributed by atoms with Crippen LogP contribution in [-0.4, -0.2) is 29.2 Å². The Labute approximate surface area is 143 Å². The number of aryl methyl sites for hydroxylation is 1. The van der Waals surface area contributed by atoms with Crippen LogP contribution in [0.25, 0.3) is 0 Å². The minimum atomic E-state index is -1.31. The third kappa shape index (κ3) is 2.69. The van der Waals surface area contributed by atoms with Gasteiger partial charge in [-0.1, -0.05) is 11.6 Å². The molecular weight excluding hydrogens is 332 g/mol. The first kappa shape index (κ1) is 16.3. The quantitative estimate of drug-likeness (QED) is 0.682. The van der Waals surface area contributed by atoms with Gasteiger partial charge in [0.2, 0.25) is 0 Å². The lowest BCUT2D eigenvalue weighted by Crippen LogP contribution is -2.41. The minimum Gasteiger partial charge on any atom is -0.463 e. The van der Waals surface area contributed by atoms with Crippen LogP contribution in [0.1, 0.15) is 28.8 Å². The summed E-state index contributed by atoms with van der Waals surface area (Å²) in [5, 5.41) is 3.10. The molecule has 1 saturated heterocycles. The zero-order chi connectivity index (χ0) is 17.5. The Hall–Kier alpha value is -2.60. The first-order chi connectivity index (χ1) is 11.3. The fourth-order valence-corrected chi connectivity index (χ4v) is 2.71. The smallest absolute Gasteiger partial charge is 0.325 e. The highest BCUT2D eigenvalue weighted by Gasteiger charge is 2.51. The average molecular weight is 347 g/mol. The molecule has 1 aliphatic rings. The van der Waals surface area contributed by atoms with Gasteiger partial charge in [-0.2, -0.15) is 0 Å². The van der Waals surface area contributed by atoms with Crippen molar-refractivity contribution in [3.63, 3.8) is 0 Å². The highest BCUT2D eigenvalue weighted by atomic mass is 35.5. The van der Waals surface area contributed by atoms with Gasteiger partial charge in [0, 0.05) is 10.6 Å². The number of halogens is 1. The van der Waals surface area contributed by atoms with Gasteiger partial charge in [-0.3, -0.25) is 14.5 Å². The number of amides is 3. The van der Waals surface area contributed by atoms with Crippen LogP contribution in [0.15, 0.2) is 40.8 Å². The van der Waals surface area contributed by atoms with Crippen LogP contribution < -0.4 is 5.32 Å². The molecule has 0 bridgehead atoms. The van der Waals surface area contributed by atoms with Gasteiger partial charge in [0.25, 0.3) is 5.91 Å². The van der Waals surface area contributed by atoms with E-state index >= 15 is 0 Å². The van der Waals surface area contributed by atoms with Crippen LogP contribution in [0.3, 0.4) is 0 Å². The van der Waals surface area contributed by atoms with Gasteiger partial charge in [0.05, 0.1) is 6.54 Å². The zero-order valence-electron chi connectivity index (χ0n) is 13.1. The van der Waals surface area contributed by atoms with E-state index in [1.807, 2.05) is 0 Å². The van der Waals surface area contributed by atoms with Crippen LogP contribution >= 0.6 is 11.6 Å². The SMILES string of the molecule is Cc1ccc(C2(C)NC(=O)N(CC(=O)c3ccc(Cl)cc3)C2=O)o1. The molecule has 0 spiro atoms. The van der Waals surface area contributed by atoms with E-state index in [4.69, 9.17) is 16.0 Å². The van der Waals surface area contributed by atoms with Crippen molar-refractivity contribution in [1.29, 1.82) is 0 Å². The first-order valence-electron chi connectivity index (χ1n) is 7.31. The number of benzene rings is 1. The van der Waals surface area contributed by atoms with E-state index in [-0.39, 0.29) is 12.3 Å². The van der Waals surface area contributed by atoms with Gasteiger partial charge >= 0.3 is 6.03 Å². The normalized spacial score (nSPS) is 20.4. The van der Waals surface area contributed by atoms with E-state index in [1.54, 1.807) is 50.2 Å². The van der Waals surface area contributed by atoms with Gasteiger partial charge in [0.15, 0.2) is 11.3 Å². The van der Waals surface area contributed by atoms with Crippen LogP contribution in [0, 0.1) is 6.92 Å². The third-order valence-electron chi connectivity index (χ3n) is 3.98. The zero-order valence-corrected chi connectivity index (χ0v) is 13.9. The summed E-state index contributed by atoms with van der Waals surface area (Å²) < 4.78 is 5.48. The van der Waals surface area contributed by atoms with Crippen LogP contribution in [-0.2, 0) is 10.3 Å². The second-order valence-electron chi connectivity index (χ2n) is 5.79. The van der Waals surface area contributed by atoms with Crippen molar-refractivity contribution in [3.8, 4) is 0 Å². The van der Waals surface area contributed by atoms with Crippen molar-refractivity contribution in [2.24, 2.45) is 0 Å².